The number of hydrogen-bond donors (Lipinski definition) is 2. The van der Waals surface area contributed by atoms with Crippen molar-refractivity contribution in [2.24, 2.45) is 0 Å². The largest absolute Gasteiger partial charge is 0.491 e. The highest BCUT2D eigenvalue weighted by Crippen LogP contribution is 2.24. The Labute approximate surface area is 119 Å². The van der Waals surface area contributed by atoms with Gasteiger partial charge in [-0.2, -0.15) is 0 Å². The van der Waals surface area contributed by atoms with Crippen molar-refractivity contribution in [3.63, 3.8) is 0 Å². The van der Waals surface area contributed by atoms with Crippen molar-refractivity contribution in [1.29, 1.82) is 0 Å². The molecule has 1 unspecified atom stereocenters. The van der Waals surface area contributed by atoms with Crippen LogP contribution in [-0.2, 0) is 14.8 Å². The second-order valence-corrected chi connectivity index (χ2v) is 6.56. The molecule has 20 heavy (non-hydrogen) atoms. The van der Waals surface area contributed by atoms with E-state index in [1.165, 1.54) is 19.2 Å². The van der Waals surface area contributed by atoms with Crippen LogP contribution < -0.4 is 15.2 Å². The fourth-order valence-corrected chi connectivity index (χ4v) is 2.94. The summed E-state index contributed by atoms with van der Waals surface area (Å²) in [6.45, 7) is 1.23. The Hall–Kier alpha value is -1.31. The Morgan fingerprint density at radius 2 is 2.25 bits per heavy atom. The number of rotatable bonds is 5. The maximum absolute atomic E-state index is 11.7. The monoisotopic (exact) mass is 300 g/mol. The second-order valence-electron chi connectivity index (χ2n) is 4.71. The highest BCUT2D eigenvalue weighted by Gasteiger charge is 2.17. The quantitative estimate of drug-likeness (QED) is 0.795. The van der Waals surface area contributed by atoms with Gasteiger partial charge in [-0.25, -0.2) is 13.1 Å². The molecule has 0 amide bonds. The van der Waals surface area contributed by atoms with E-state index in [4.69, 9.17) is 15.2 Å². The molecule has 112 valence electrons. The third kappa shape index (κ3) is 3.62. The highest BCUT2D eigenvalue weighted by atomic mass is 32.2. The summed E-state index contributed by atoms with van der Waals surface area (Å²) in [5.74, 6) is 0.548. The average molecular weight is 300 g/mol. The Bertz CT molecular complexity index is 553. The Balaban J connectivity index is 2.02. The molecule has 1 saturated heterocycles. The molecule has 0 radical (unpaired) electrons. The summed E-state index contributed by atoms with van der Waals surface area (Å²) in [6.07, 6.45) is 3.34. The molecule has 0 bridgehead atoms. The van der Waals surface area contributed by atoms with Crippen LogP contribution in [0.3, 0.4) is 0 Å². The van der Waals surface area contributed by atoms with Gasteiger partial charge >= 0.3 is 0 Å². The lowest BCUT2D eigenvalue weighted by Crippen LogP contribution is -2.25. The molecular weight excluding hydrogens is 280 g/mol. The molecule has 3 N–H and O–H groups in total. The zero-order valence-corrected chi connectivity index (χ0v) is 12.3. The molecular formula is C13H20N2O4S. The minimum absolute atomic E-state index is 0.0567. The lowest BCUT2D eigenvalue weighted by molar-refractivity contribution is -0.0110. The van der Waals surface area contributed by atoms with Crippen LogP contribution >= 0.6 is 0 Å². The van der Waals surface area contributed by atoms with E-state index in [1.54, 1.807) is 6.07 Å². The number of nitrogen functional groups attached to an aromatic ring is 1. The Morgan fingerprint density at radius 1 is 1.45 bits per heavy atom. The fraction of sp³-hybridized carbons (Fsp3) is 0.538. The number of anilines is 1. The van der Waals surface area contributed by atoms with Gasteiger partial charge in [-0.1, -0.05) is 0 Å². The van der Waals surface area contributed by atoms with Gasteiger partial charge in [0.15, 0.2) is 0 Å². The van der Waals surface area contributed by atoms with Crippen LogP contribution in [-0.4, -0.2) is 34.8 Å². The molecule has 6 nitrogen and oxygen atoms in total. The standard InChI is InChI=1S/C13H20N2O4S/c1-15-20(16,17)13-6-5-10(8-12(13)14)19-9-11-4-2-3-7-18-11/h5-6,8,11,15H,2-4,7,9,14H2,1H3. The van der Waals surface area contributed by atoms with E-state index < -0.39 is 10.0 Å². The molecule has 1 aromatic carbocycles. The summed E-state index contributed by atoms with van der Waals surface area (Å²) in [4.78, 5) is 0.0567. The van der Waals surface area contributed by atoms with Crippen LogP contribution in [0.4, 0.5) is 5.69 Å². The number of nitrogens with two attached hydrogens (primary N) is 1. The molecule has 1 aliphatic heterocycles. The van der Waals surface area contributed by atoms with E-state index >= 15 is 0 Å². The van der Waals surface area contributed by atoms with Crippen LogP contribution in [0, 0.1) is 0 Å². The second kappa shape index (κ2) is 6.43. The first-order valence-corrected chi connectivity index (χ1v) is 8.09. The van der Waals surface area contributed by atoms with Gasteiger partial charge in [0, 0.05) is 12.7 Å². The van der Waals surface area contributed by atoms with Crippen LogP contribution in [0.5, 0.6) is 5.75 Å². The summed E-state index contributed by atoms with van der Waals surface area (Å²) in [5, 5.41) is 0. The molecule has 1 fully saturated rings. The van der Waals surface area contributed by atoms with Gasteiger partial charge < -0.3 is 15.2 Å². The van der Waals surface area contributed by atoms with Crippen molar-refractivity contribution in [3.05, 3.63) is 18.2 Å². The normalized spacial score (nSPS) is 19.8. The van der Waals surface area contributed by atoms with Crippen LogP contribution in [0.15, 0.2) is 23.1 Å². The molecule has 0 aromatic heterocycles. The van der Waals surface area contributed by atoms with Crippen molar-refractivity contribution in [2.75, 3.05) is 26.0 Å². The molecule has 2 rings (SSSR count). The smallest absolute Gasteiger partial charge is 0.242 e. The van der Waals surface area contributed by atoms with E-state index in [-0.39, 0.29) is 16.7 Å². The van der Waals surface area contributed by atoms with Crippen LogP contribution in [0.25, 0.3) is 0 Å². The van der Waals surface area contributed by atoms with Gasteiger partial charge in [0.1, 0.15) is 17.3 Å². The molecule has 1 aliphatic rings. The molecule has 0 spiro atoms. The molecule has 1 aromatic rings. The topological polar surface area (TPSA) is 90.7 Å². The van der Waals surface area contributed by atoms with E-state index in [9.17, 15) is 8.42 Å². The van der Waals surface area contributed by atoms with Crippen LogP contribution in [0.1, 0.15) is 19.3 Å². The predicted molar refractivity (Wildman–Crippen MR) is 76.2 cm³/mol. The summed E-state index contributed by atoms with van der Waals surface area (Å²) in [6, 6.07) is 4.56. The Kier molecular flexibility index (Phi) is 4.85. The fourth-order valence-electron chi connectivity index (χ4n) is 2.10. The third-order valence-electron chi connectivity index (χ3n) is 3.25. The SMILES string of the molecule is CNS(=O)(=O)c1ccc(OCC2CCCCO2)cc1N. The number of nitrogens with one attached hydrogen (secondary N) is 1. The molecule has 7 heteroatoms. The first-order valence-electron chi connectivity index (χ1n) is 6.60. The van der Waals surface area contributed by atoms with Gasteiger partial charge in [-0.3, -0.25) is 0 Å². The predicted octanol–water partition coefficient (Wildman–Crippen LogP) is 1.12. The van der Waals surface area contributed by atoms with Crippen molar-refractivity contribution in [2.45, 2.75) is 30.3 Å². The number of benzene rings is 1. The third-order valence-corrected chi connectivity index (χ3v) is 4.74. The van der Waals surface area contributed by atoms with Gasteiger partial charge in [0.05, 0.1) is 11.8 Å². The van der Waals surface area contributed by atoms with E-state index in [0.717, 1.165) is 25.9 Å². The van der Waals surface area contributed by atoms with Crippen molar-refractivity contribution >= 4 is 15.7 Å². The first kappa shape index (κ1) is 15.1. The van der Waals surface area contributed by atoms with Crippen molar-refractivity contribution in [3.8, 4) is 5.75 Å². The lowest BCUT2D eigenvalue weighted by atomic mass is 10.1. The maximum atomic E-state index is 11.7. The average Bonchev–Trinajstić information content (AvgIpc) is 2.46. The molecule has 0 saturated carbocycles. The zero-order chi connectivity index (χ0) is 14.6. The minimum atomic E-state index is -3.54. The van der Waals surface area contributed by atoms with Crippen LogP contribution in [0.2, 0.25) is 0 Å². The maximum Gasteiger partial charge on any atom is 0.242 e. The van der Waals surface area contributed by atoms with Crippen molar-refractivity contribution < 1.29 is 17.9 Å². The number of sulfonamides is 1. The van der Waals surface area contributed by atoms with Gasteiger partial charge in [0.25, 0.3) is 0 Å². The zero-order valence-electron chi connectivity index (χ0n) is 11.5. The summed E-state index contributed by atoms with van der Waals surface area (Å²) in [5.41, 5.74) is 5.93. The Morgan fingerprint density at radius 3 is 2.85 bits per heavy atom. The molecule has 1 atom stereocenters. The molecule has 1 heterocycles. The van der Waals surface area contributed by atoms with E-state index in [0.29, 0.717) is 12.4 Å². The number of hydrogen-bond acceptors (Lipinski definition) is 5. The van der Waals surface area contributed by atoms with Gasteiger partial charge in [-0.15, -0.1) is 0 Å². The van der Waals surface area contributed by atoms with Gasteiger partial charge in [0.2, 0.25) is 10.0 Å². The highest BCUT2D eigenvalue weighted by molar-refractivity contribution is 7.89. The summed E-state index contributed by atoms with van der Waals surface area (Å²) in [7, 11) is -2.19. The van der Waals surface area contributed by atoms with E-state index in [1.807, 2.05) is 0 Å². The van der Waals surface area contributed by atoms with Crippen molar-refractivity contribution in [1.82, 2.24) is 4.72 Å². The lowest BCUT2D eigenvalue weighted by Gasteiger charge is -2.22. The number of ether oxygens (including phenoxy) is 2. The summed E-state index contributed by atoms with van der Waals surface area (Å²) < 4.78 is 36.8. The van der Waals surface area contributed by atoms with E-state index in [2.05, 4.69) is 4.72 Å². The first-order chi connectivity index (χ1) is 9.53. The molecule has 0 aliphatic carbocycles. The van der Waals surface area contributed by atoms with Gasteiger partial charge in [-0.05, 0) is 38.4 Å². The minimum Gasteiger partial charge on any atom is -0.491 e. The summed E-state index contributed by atoms with van der Waals surface area (Å²) >= 11 is 0.